The monoisotopic (exact) mass is 408 g/mol. The number of pyridine rings is 1. The van der Waals surface area contributed by atoms with E-state index in [4.69, 9.17) is 0 Å². The molecule has 2 heterocycles. The molecule has 1 N–H and O–H groups in total. The van der Waals surface area contributed by atoms with Crippen molar-refractivity contribution in [1.82, 2.24) is 9.97 Å². The number of anilines is 1. The van der Waals surface area contributed by atoms with Gasteiger partial charge < -0.3 is 5.32 Å². The van der Waals surface area contributed by atoms with Gasteiger partial charge in [-0.15, -0.1) is 11.3 Å². The van der Waals surface area contributed by atoms with Crippen molar-refractivity contribution in [2.24, 2.45) is 0 Å². The SMILES string of the molecule is Cc1nc(-c2ccc(C(F)(F)F)cc2)sc1C(=O)Nc1ccncc1[N+](=O)[O-]. The van der Waals surface area contributed by atoms with Crippen LogP contribution in [0.2, 0.25) is 0 Å². The first kappa shape index (κ1) is 19.4. The lowest BCUT2D eigenvalue weighted by atomic mass is 10.1. The van der Waals surface area contributed by atoms with Crippen LogP contribution in [0.3, 0.4) is 0 Å². The number of benzene rings is 1. The minimum absolute atomic E-state index is 0.0196. The van der Waals surface area contributed by atoms with E-state index in [0.29, 0.717) is 16.3 Å². The molecule has 0 unspecified atom stereocenters. The van der Waals surface area contributed by atoms with Crippen LogP contribution in [-0.4, -0.2) is 20.8 Å². The zero-order valence-electron chi connectivity index (χ0n) is 14.1. The van der Waals surface area contributed by atoms with E-state index >= 15 is 0 Å². The molecule has 0 saturated heterocycles. The molecule has 0 radical (unpaired) electrons. The van der Waals surface area contributed by atoms with Crippen molar-refractivity contribution in [3.8, 4) is 10.6 Å². The van der Waals surface area contributed by atoms with Crippen molar-refractivity contribution >= 4 is 28.6 Å². The van der Waals surface area contributed by atoms with E-state index < -0.39 is 22.6 Å². The van der Waals surface area contributed by atoms with E-state index in [1.807, 2.05) is 0 Å². The third kappa shape index (κ3) is 3.98. The number of aryl methyl sites for hydroxylation is 1. The van der Waals surface area contributed by atoms with Gasteiger partial charge in [0.15, 0.2) is 0 Å². The van der Waals surface area contributed by atoms with Crippen molar-refractivity contribution in [3.05, 3.63) is 69.0 Å². The van der Waals surface area contributed by atoms with Gasteiger partial charge in [-0.2, -0.15) is 13.2 Å². The Labute approximate surface area is 160 Å². The molecule has 144 valence electrons. The number of thiazole rings is 1. The van der Waals surface area contributed by atoms with Crippen molar-refractivity contribution < 1.29 is 22.9 Å². The van der Waals surface area contributed by atoms with Gasteiger partial charge in [0, 0.05) is 11.8 Å². The summed E-state index contributed by atoms with van der Waals surface area (Å²) in [6, 6.07) is 5.72. The highest BCUT2D eigenvalue weighted by atomic mass is 32.1. The lowest BCUT2D eigenvalue weighted by Crippen LogP contribution is -2.13. The van der Waals surface area contributed by atoms with E-state index in [0.717, 1.165) is 29.7 Å². The first-order chi connectivity index (χ1) is 13.2. The lowest BCUT2D eigenvalue weighted by molar-refractivity contribution is -0.384. The van der Waals surface area contributed by atoms with Gasteiger partial charge in [0.25, 0.3) is 5.91 Å². The fourth-order valence-electron chi connectivity index (χ4n) is 2.35. The average Bonchev–Trinajstić information content (AvgIpc) is 3.03. The predicted octanol–water partition coefficient (Wildman–Crippen LogP) is 4.69. The summed E-state index contributed by atoms with van der Waals surface area (Å²) in [7, 11) is 0. The molecule has 28 heavy (non-hydrogen) atoms. The Kier molecular flexibility index (Phi) is 5.10. The number of nitro groups is 1. The van der Waals surface area contributed by atoms with E-state index in [9.17, 15) is 28.1 Å². The number of amides is 1. The lowest BCUT2D eigenvalue weighted by Gasteiger charge is -2.06. The van der Waals surface area contributed by atoms with Crippen molar-refractivity contribution in [2.45, 2.75) is 13.1 Å². The maximum absolute atomic E-state index is 12.7. The maximum Gasteiger partial charge on any atom is 0.416 e. The third-order valence-electron chi connectivity index (χ3n) is 3.71. The summed E-state index contributed by atoms with van der Waals surface area (Å²) in [5.74, 6) is -0.609. The standard InChI is InChI=1S/C17H11F3N4O3S/c1-9-14(15(25)23-12-6-7-21-8-13(12)24(26)27)28-16(22-9)10-2-4-11(5-3-10)17(18,19)20/h2-8H,1H3,(H,21,23,25). The minimum atomic E-state index is -4.44. The van der Waals surface area contributed by atoms with E-state index in [1.54, 1.807) is 6.92 Å². The largest absolute Gasteiger partial charge is 0.416 e. The zero-order valence-corrected chi connectivity index (χ0v) is 15.0. The number of carbonyl (C=O) groups excluding carboxylic acids is 1. The van der Waals surface area contributed by atoms with Crippen LogP contribution in [0.5, 0.6) is 0 Å². The Morgan fingerprint density at radius 2 is 1.89 bits per heavy atom. The smallest absolute Gasteiger partial charge is 0.315 e. The van der Waals surface area contributed by atoms with E-state index in [2.05, 4.69) is 15.3 Å². The number of nitrogens with one attached hydrogen (secondary N) is 1. The fourth-order valence-corrected chi connectivity index (χ4v) is 3.32. The molecule has 0 aliphatic carbocycles. The van der Waals surface area contributed by atoms with Gasteiger partial charge >= 0.3 is 11.9 Å². The molecule has 1 aromatic carbocycles. The molecule has 2 aromatic heterocycles. The molecule has 0 bridgehead atoms. The van der Waals surface area contributed by atoms with Crippen LogP contribution in [0.4, 0.5) is 24.5 Å². The molecule has 7 nitrogen and oxygen atoms in total. The quantitative estimate of drug-likeness (QED) is 0.499. The highest BCUT2D eigenvalue weighted by Crippen LogP contribution is 2.33. The molecular weight excluding hydrogens is 397 g/mol. The maximum atomic E-state index is 12.7. The van der Waals surface area contributed by atoms with E-state index in [1.165, 1.54) is 24.4 Å². The van der Waals surface area contributed by atoms with Crippen LogP contribution in [0.1, 0.15) is 20.9 Å². The van der Waals surface area contributed by atoms with Gasteiger partial charge in [-0.3, -0.25) is 19.9 Å². The Bertz CT molecular complexity index is 1050. The molecule has 1 amide bonds. The third-order valence-corrected chi connectivity index (χ3v) is 4.91. The number of hydrogen-bond acceptors (Lipinski definition) is 6. The summed E-state index contributed by atoms with van der Waals surface area (Å²) in [6.07, 6.45) is -2.12. The second-order valence-corrected chi connectivity index (χ2v) is 6.61. The molecule has 0 spiro atoms. The molecule has 3 aromatic rings. The van der Waals surface area contributed by atoms with Crippen molar-refractivity contribution in [3.63, 3.8) is 0 Å². The van der Waals surface area contributed by atoms with Crippen LogP contribution in [0.25, 0.3) is 10.6 Å². The van der Waals surface area contributed by atoms with Gasteiger partial charge in [-0.25, -0.2) is 4.98 Å². The fraction of sp³-hybridized carbons (Fsp3) is 0.118. The Balaban J connectivity index is 1.86. The first-order valence-corrected chi connectivity index (χ1v) is 8.53. The van der Waals surface area contributed by atoms with Crippen molar-refractivity contribution in [1.29, 1.82) is 0 Å². The molecule has 3 rings (SSSR count). The van der Waals surface area contributed by atoms with Crippen LogP contribution < -0.4 is 5.32 Å². The summed E-state index contributed by atoms with van der Waals surface area (Å²) in [6.45, 7) is 1.57. The summed E-state index contributed by atoms with van der Waals surface area (Å²) in [5, 5.41) is 13.8. The number of aromatic nitrogens is 2. The normalized spacial score (nSPS) is 11.3. The first-order valence-electron chi connectivity index (χ1n) is 7.71. The van der Waals surface area contributed by atoms with Crippen LogP contribution in [-0.2, 0) is 6.18 Å². The summed E-state index contributed by atoms with van der Waals surface area (Å²) >= 11 is 0.978. The number of nitrogens with zero attached hydrogens (tertiary/aromatic N) is 3. The zero-order chi connectivity index (χ0) is 20.5. The number of hydrogen-bond donors (Lipinski definition) is 1. The van der Waals surface area contributed by atoms with E-state index in [-0.39, 0.29) is 16.3 Å². The van der Waals surface area contributed by atoms with Gasteiger partial charge in [0.05, 0.1) is 16.2 Å². The van der Waals surface area contributed by atoms with Crippen molar-refractivity contribution in [2.75, 3.05) is 5.32 Å². The van der Waals surface area contributed by atoms with Gasteiger partial charge in [0.1, 0.15) is 21.8 Å². The summed E-state index contributed by atoms with van der Waals surface area (Å²) < 4.78 is 38.0. The molecule has 0 atom stereocenters. The molecule has 11 heteroatoms. The number of alkyl halides is 3. The molecule has 0 fully saturated rings. The minimum Gasteiger partial charge on any atom is -0.315 e. The average molecular weight is 408 g/mol. The topological polar surface area (TPSA) is 98.0 Å². The van der Waals surface area contributed by atoms with Crippen LogP contribution in [0.15, 0.2) is 42.7 Å². The Morgan fingerprint density at radius 1 is 1.21 bits per heavy atom. The second-order valence-electron chi connectivity index (χ2n) is 5.61. The number of rotatable bonds is 4. The molecule has 0 aliphatic heterocycles. The number of carbonyl (C=O) groups is 1. The molecule has 0 saturated carbocycles. The Hall–Kier alpha value is -3.34. The number of halogens is 3. The van der Waals surface area contributed by atoms with Crippen LogP contribution >= 0.6 is 11.3 Å². The van der Waals surface area contributed by atoms with Gasteiger partial charge in [0.2, 0.25) is 0 Å². The highest BCUT2D eigenvalue weighted by Gasteiger charge is 2.30. The molecule has 0 aliphatic rings. The Morgan fingerprint density at radius 3 is 2.50 bits per heavy atom. The van der Waals surface area contributed by atoms with Gasteiger partial charge in [-0.05, 0) is 25.1 Å². The van der Waals surface area contributed by atoms with Crippen LogP contribution in [0, 0.1) is 17.0 Å². The van der Waals surface area contributed by atoms with Gasteiger partial charge in [-0.1, -0.05) is 12.1 Å². The highest BCUT2D eigenvalue weighted by molar-refractivity contribution is 7.17. The second kappa shape index (κ2) is 7.35. The summed E-state index contributed by atoms with van der Waals surface area (Å²) in [5.41, 5.74) is -0.383. The molecular formula is C17H11F3N4O3S. The summed E-state index contributed by atoms with van der Waals surface area (Å²) in [4.78, 5) is 30.9. The predicted molar refractivity (Wildman–Crippen MR) is 96.1 cm³/mol.